The number of aromatic nitrogens is 2. The molecule has 0 radical (unpaired) electrons. The molecular weight excluding hydrogens is 448 g/mol. The number of ether oxygens (including phenoxy) is 2. The molecule has 1 amide bonds. The number of fused-ring (bicyclic) bond motifs is 1. The summed E-state index contributed by atoms with van der Waals surface area (Å²) in [7, 11) is 3.06. The monoisotopic (exact) mass is 480 g/mol. The maximum absolute atomic E-state index is 13.3. The number of methoxy groups -OCH3 is 2. The average Bonchev–Trinajstić information content (AvgIpc) is 2.89. The van der Waals surface area contributed by atoms with Gasteiger partial charge in [-0.15, -0.1) is 0 Å². The Morgan fingerprint density at radius 2 is 1.46 bits per heavy atom. The van der Waals surface area contributed by atoms with E-state index in [1.54, 1.807) is 25.3 Å². The summed E-state index contributed by atoms with van der Waals surface area (Å²) >= 11 is 0. The highest BCUT2D eigenvalue weighted by molar-refractivity contribution is 6.07. The molecule has 0 aliphatic carbocycles. The van der Waals surface area contributed by atoms with E-state index in [9.17, 15) is 14.4 Å². The summed E-state index contributed by atoms with van der Waals surface area (Å²) in [6.07, 6.45) is 3.26. The lowest BCUT2D eigenvalue weighted by Crippen LogP contribution is -2.41. The number of nitrogens with one attached hydrogen (secondary N) is 1. The largest absolute Gasteiger partial charge is 0.493 e. The maximum Gasteiger partial charge on any atom is 0.316 e. The van der Waals surface area contributed by atoms with Crippen molar-refractivity contribution in [3.63, 3.8) is 0 Å². The standard InChI is InChI=1S/C26H32N4O5/c1-5-29-20-15-18(27-24(31)17-10-11-22(34-3)23(14-17)35-4)19(28-12-8-7-9-13-28)16-21(20)30(6-2)26(33)25(29)32/h10-11,14-16H,5-9,12-13H2,1-4H3,(H,27,31). The third kappa shape index (κ3) is 4.50. The van der Waals surface area contributed by atoms with Crippen LogP contribution in [0, 0.1) is 0 Å². The van der Waals surface area contributed by atoms with Crippen LogP contribution < -0.4 is 30.8 Å². The maximum atomic E-state index is 13.3. The highest BCUT2D eigenvalue weighted by Crippen LogP contribution is 2.34. The molecule has 3 aromatic rings. The van der Waals surface area contributed by atoms with Crippen molar-refractivity contribution in [3.8, 4) is 11.5 Å². The Labute approximate surface area is 203 Å². The first-order valence-electron chi connectivity index (χ1n) is 12.0. The average molecular weight is 481 g/mol. The van der Waals surface area contributed by atoms with Crippen LogP contribution in [0.5, 0.6) is 11.5 Å². The Kier molecular flexibility index (Phi) is 7.14. The minimum Gasteiger partial charge on any atom is -0.493 e. The summed E-state index contributed by atoms with van der Waals surface area (Å²) in [5.74, 6) is 0.688. The van der Waals surface area contributed by atoms with Gasteiger partial charge < -0.3 is 28.8 Å². The van der Waals surface area contributed by atoms with Gasteiger partial charge in [0.25, 0.3) is 5.91 Å². The number of piperidine rings is 1. The van der Waals surface area contributed by atoms with Gasteiger partial charge in [0.1, 0.15) is 0 Å². The van der Waals surface area contributed by atoms with Crippen molar-refractivity contribution in [2.24, 2.45) is 0 Å². The van der Waals surface area contributed by atoms with Crippen LogP contribution in [0.1, 0.15) is 43.5 Å². The van der Waals surface area contributed by atoms with Gasteiger partial charge in [-0.2, -0.15) is 0 Å². The molecule has 0 unspecified atom stereocenters. The van der Waals surface area contributed by atoms with Crippen LogP contribution in [0.15, 0.2) is 39.9 Å². The molecule has 35 heavy (non-hydrogen) atoms. The minimum absolute atomic E-state index is 0.308. The molecule has 4 rings (SSSR count). The third-order valence-corrected chi connectivity index (χ3v) is 6.57. The van der Waals surface area contributed by atoms with Crippen LogP contribution >= 0.6 is 0 Å². The topological polar surface area (TPSA) is 94.8 Å². The van der Waals surface area contributed by atoms with Crippen molar-refractivity contribution in [1.82, 2.24) is 9.13 Å². The van der Waals surface area contributed by atoms with E-state index in [2.05, 4.69) is 10.2 Å². The number of carbonyl (C=O) groups excluding carboxylic acids is 1. The van der Waals surface area contributed by atoms with Crippen molar-refractivity contribution in [2.75, 3.05) is 37.5 Å². The van der Waals surface area contributed by atoms with Gasteiger partial charge in [-0.3, -0.25) is 14.4 Å². The minimum atomic E-state index is -0.565. The molecule has 1 fully saturated rings. The number of hydrogen-bond acceptors (Lipinski definition) is 6. The predicted octanol–water partition coefficient (Wildman–Crippen LogP) is 3.46. The molecule has 2 aromatic carbocycles. The number of anilines is 2. The van der Waals surface area contributed by atoms with Gasteiger partial charge in [0.15, 0.2) is 11.5 Å². The Morgan fingerprint density at radius 3 is 2.03 bits per heavy atom. The molecule has 1 saturated heterocycles. The van der Waals surface area contributed by atoms with Crippen LogP contribution in [0.3, 0.4) is 0 Å². The van der Waals surface area contributed by atoms with Crippen LogP contribution in [-0.4, -0.2) is 42.4 Å². The van der Waals surface area contributed by atoms with Gasteiger partial charge in [0.2, 0.25) is 0 Å². The SMILES string of the molecule is CCn1c(=O)c(=O)n(CC)c2cc(N3CCCCC3)c(NC(=O)c3ccc(OC)c(OC)c3)cc21. The highest BCUT2D eigenvalue weighted by Gasteiger charge is 2.21. The predicted molar refractivity (Wildman–Crippen MR) is 137 cm³/mol. The number of nitrogens with zero attached hydrogens (tertiary/aromatic N) is 3. The van der Waals surface area contributed by atoms with Gasteiger partial charge in [-0.1, -0.05) is 0 Å². The van der Waals surface area contributed by atoms with Gasteiger partial charge in [-0.25, -0.2) is 0 Å². The van der Waals surface area contributed by atoms with Crippen molar-refractivity contribution in [3.05, 3.63) is 56.6 Å². The van der Waals surface area contributed by atoms with Crippen molar-refractivity contribution < 1.29 is 14.3 Å². The number of hydrogen-bond donors (Lipinski definition) is 1. The van der Waals surface area contributed by atoms with Crippen LogP contribution in [0.2, 0.25) is 0 Å². The number of amides is 1. The zero-order valence-electron chi connectivity index (χ0n) is 20.7. The molecule has 186 valence electrons. The zero-order chi connectivity index (χ0) is 25.1. The van der Waals surface area contributed by atoms with Gasteiger partial charge in [0.05, 0.1) is 36.6 Å². The fourth-order valence-corrected chi connectivity index (χ4v) is 4.74. The fraction of sp³-hybridized carbons (Fsp3) is 0.423. The Morgan fingerprint density at radius 1 is 0.857 bits per heavy atom. The first kappa shape index (κ1) is 24.4. The van der Waals surface area contributed by atoms with Gasteiger partial charge in [0, 0.05) is 31.7 Å². The Balaban J connectivity index is 1.88. The van der Waals surface area contributed by atoms with Crippen molar-refractivity contribution in [1.29, 1.82) is 0 Å². The van der Waals surface area contributed by atoms with E-state index in [1.807, 2.05) is 26.0 Å². The molecule has 0 spiro atoms. The second-order valence-electron chi connectivity index (χ2n) is 8.53. The third-order valence-electron chi connectivity index (χ3n) is 6.57. The first-order chi connectivity index (χ1) is 16.9. The quantitative estimate of drug-likeness (QED) is 0.521. The van der Waals surface area contributed by atoms with E-state index in [4.69, 9.17) is 9.47 Å². The summed E-state index contributed by atoms with van der Waals surface area (Å²) in [4.78, 5) is 41.1. The van der Waals surface area contributed by atoms with Crippen molar-refractivity contribution >= 4 is 28.3 Å². The molecule has 0 saturated carbocycles. The van der Waals surface area contributed by atoms with Crippen molar-refractivity contribution in [2.45, 2.75) is 46.2 Å². The molecule has 9 heteroatoms. The number of aryl methyl sites for hydroxylation is 2. The Hall–Kier alpha value is -3.75. The summed E-state index contributed by atoms with van der Waals surface area (Å²) in [5, 5.41) is 3.05. The summed E-state index contributed by atoms with van der Waals surface area (Å²) in [5.41, 5.74) is 2.05. The molecular formula is C26H32N4O5. The highest BCUT2D eigenvalue weighted by atomic mass is 16.5. The molecule has 9 nitrogen and oxygen atoms in total. The summed E-state index contributed by atoms with van der Waals surface area (Å²) < 4.78 is 13.6. The van der Waals surface area contributed by atoms with E-state index in [-0.39, 0.29) is 5.91 Å². The zero-order valence-corrected chi connectivity index (χ0v) is 20.7. The summed E-state index contributed by atoms with van der Waals surface area (Å²) in [6.45, 7) is 6.12. The van der Waals surface area contributed by atoms with E-state index >= 15 is 0 Å². The molecule has 2 heterocycles. The first-order valence-corrected chi connectivity index (χ1v) is 12.0. The smallest absolute Gasteiger partial charge is 0.316 e. The molecule has 0 atom stereocenters. The lowest BCUT2D eigenvalue weighted by atomic mass is 10.1. The Bertz CT molecular complexity index is 1370. The van der Waals surface area contributed by atoms with Crippen LogP contribution in [-0.2, 0) is 13.1 Å². The number of carbonyl (C=O) groups is 1. The summed E-state index contributed by atoms with van der Waals surface area (Å²) in [6, 6.07) is 8.74. The van der Waals surface area contributed by atoms with E-state index in [0.717, 1.165) is 38.0 Å². The fourth-order valence-electron chi connectivity index (χ4n) is 4.74. The van der Waals surface area contributed by atoms with Gasteiger partial charge in [-0.05, 0) is 63.4 Å². The van der Waals surface area contributed by atoms with Crippen LogP contribution in [0.25, 0.3) is 11.0 Å². The van der Waals surface area contributed by atoms with E-state index < -0.39 is 11.1 Å². The van der Waals surface area contributed by atoms with E-state index in [1.165, 1.54) is 16.2 Å². The molecule has 1 N–H and O–H groups in total. The normalized spacial score (nSPS) is 13.7. The lowest BCUT2D eigenvalue weighted by molar-refractivity contribution is 0.102. The molecule has 1 aromatic heterocycles. The molecule has 0 bridgehead atoms. The van der Waals surface area contributed by atoms with Gasteiger partial charge >= 0.3 is 11.1 Å². The molecule has 1 aliphatic rings. The second-order valence-corrected chi connectivity index (χ2v) is 8.53. The lowest BCUT2D eigenvalue weighted by Gasteiger charge is -2.31. The second kappa shape index (κ2) is 10.2. The van der Waals surface area contributed by atoms with Crippen LogP contribution in [0.4, 0.5) is 11.4 Å². The van der Waals surface area contributed by atoms with E-state index in [0.29, 0.717) is 46.9 Å². The number of benzene rings is 2. The molecule has 1 aliphatic heterocycles. The number of rotatable bonds is 7.